The highest BCUT2D eigenvalue weighted by Gasteiger charge is 2.55. The van der Waals surface area contributed by atoms with Gasteiger partial charge in [-0.05, 0) is 50.8 Å². The van der Waals surface area contributed by atoms with Crippen LogP contribution in [0.3, 0.4) is 0 Å². The predicted molar refractivity (Wildman–Crippen MR) is 100 cm³/mol. The van der Waals surface area contributed by atoms with Crippen LogP contribution >= 0.6 is 0 Å². The van der Waals surface area contributed by atoms with E-state index in [2.05, 4.69) is 86.1 Å². The van der Waals surface area contributed by atoms with Gasteiger partial charge in [0.25, 0.3) is 0 Å². The molecule has 0 aromatic heterocycles. The van der Waals surface area contributed by atoms with E-state index in [1.807, 2.05) is 0 Å². The van der Waals surface area contributed by atoms with Crippen LogP contribution in [0.25, 0.3) is 0 Å². The van der Waals surface area contributed by atoms with Crippen LogP contribution in [0.5, 0.6) is 0 Å². The van der Waals surface area contributed by atoms with Crippen LogP contribution in [0.1, 0.15) is 27.7 Å². The normalized spacial score (nSPS) is 16.2. The van der Waals surface area contributed by atoms with Gasteiger partial charge in [0.15, 0.2) is 0 Å². The zero-order valence-corrected chi connectivity index (χ0v) is 14.6. The lowest BCUT2D eigenvalue weighted by Crippen LogP contribution is -2.58. The molecule has 0 aliphatic carbocycles. The smallest absolute Gasteiger partial charge is 0.415 e. The lowest BCUT2D eigenvalue weighted by Gasteiger charge is -2.30. The second-order valence-corrected chi connectivity index (χ2v) is 6.88. The Bertz CT molecular complexity index is 692. The Morgan fingerprint density at radius 1 is 0.708 bits per heavy atom. The lowest BCUT2D eigenvalue weighted by molar-refractivity contribution is 0.206. The SMILES string of the molecule is CC(C)OB1c2ccccc2N2c3ccccc3B(OC(C)C)N12. The summed E-state index contributed by atoms with van der Waals surface area (Å²) in [5.41, 5.74) is 4.73. The van der Waals surface area contributed by atoms with Crippen LogP contribution in [0.4, 0.5) is 11.4 Å². The summed E-state index contributed by atoms with van der Waals surface area (Å²) in [5.74, 6) is 0. The zero-order chi connectivity index (χ0) is 16.8. The van der Waals surface area contributed by atoms with Crippen LogP contribution in [-0.2, 0) is 9.31 Å². The number of hydrogen-bond acceptors (Lipinski definition) is 4. The second-order valence-electron chi connectivity index (χ2n) is 6.88. The molecule has 4 nitrogen and oxygen atoms in total. The first-order valence-corrected chi connectivity index (χ1v) is 8.65. The Labute approximate surface area is 144 Å². The van der Waals surface area contributed by atoms with E-state index in [-0.39, 0.29) is 26.3 Å². The number of nitrogens with zero attached hydrogens (tertiary/aromatic N) is 2. The largest absolute Gasteiger partial charge is 0.431 e. The van der Waals surface area contributed by atoms with E-state index in [0.717, 1.165) is 0 Å². The number of rotatable bonds is 4. The van der Waals surface area contributed by atoms with Crippen molar-refractivity contribution in [2.45, 2.75) is 39.9 Å². The molecule has 0 bridgehead atoms. The van der Waals surface area contributed by atoms with Gasteiger partial charge in [0.1, 0.15) is 0 Å². The van der Waals surface area contributed by atoms with Gasteiger partial charge in [-0.2, -0.15) is 0 Å². The van der Waals surface area contributed by atoms with E-state index in [1.165, 1.54) is 22.3 Å². The molecule has 0 unspecified atom stereocenters. The zero-order valence-electron chi connectivity index (χ0n) is 14.6. The summed E-state index contributed by atoms with van der Waals surface area (Å²) in [5, 5.41) is 2.25. The molecular formula is C18H22B2N2O2. The number of anilines is 2. The maximum absolute atomic E-state index is 6.30. The minimum absolute atomic E-state index is 0.131. The Hall–Kier alpha value is -1.75. The Morgan fingerprint density at radius 2 is 1.12 bits per heavy atom. The van der Waals surface area contributed by atoms with Gasteiger partial charge in [-0.15, -0.1) is 0 Å². The molecule has 2 aliphatic rings. The van der Waals surface area contributed by atoms with Gasteiger partial charge < -0.3 is 9.31 Å². The summed E-state index contributed by atoms with van der Waals surface area (Å²) >= 11 is 0. The van der Waals surface area contributed by atoms with E-state index in [0.29, 0.717) is 0 Å². The van der Waals surface area contributed by atoms with Gasteiger partial charge in [-0.3, -0.25) is 5.01 Å². The van der Waals surface area contributed by atoms with Gasteiger partial charge in [-0.25, -0.2) is 4.83 Å². The molecule has 0 saturated carbocycles. The first-order chi connectivity index (χ1) is 11.6. The van der Waals surface area contributed by atoms with Crippen molar-refractivity contribution in [1.29, 1.82) is 0 Å². The van der Waals surface area contributed by atoms with Crippen molar-refractivity contribution in [2.24, 2.45) is 0 Å². The van der Waals surface area contributed by atoms with E-state index in [9.17, 15) is 0 Å². The Kier molecular flexibility index (Phi) is 3.91. The fraction of sp³-hybridized carbons (Fsp3) is 0.333. The third-order valence-electron chi connectivity index (χ3n) is 4.38. The summed E-state index contributed by atoms with van der Waals surface area (Å²) in [7, 11) is -0.283. The molecule has 6 heteroatoms. The molecule has 2 heterocycles. The van der Waals surface area contributed by atoms with Gasteiger partial charge in [0, 0.05) is 12.2 Å². The van der Waals surface area contributed by atoms with Crippen LogP contribution < -0.4 is 15.9 Å². The molecule has 0 N–H and O–H groups in total. The molecule has 4 rings (SSSR count). The van der Waals surface area contributed by atoms with Crippen molar-refractivity contribution < 1.29 is 9.31 Å². The lowest BCUT2D eigenvalue weighted by atomic mass is 9.61. The highest BCUT2D eigenvalue weighted by Crippen LogP contribution is 2.37. The fourth-order valence-corrected chi connectivity index (χ4v) is 3.56. The molecular weight excluding hydrogens is 298 g/mol. The summed E-state index contributed by atoms with van der Waals surface area (Å²) in [6.45, 7) is 8.30. The van der Waals surface area contributed by atoms with Crippen molar-refractivity contribution in [3.05, 3.63) is 48.5 Å². The Balaban J connectivity index is 1.86. The van der Waals surface area contributed by atoms with Crippen molar-refractivity contribution in [3.8, 4) is 0 Å². The summed E-state index contributed by atoms with van der Waals surface area (Å²) in [4.78, 5) is 2.23. The van der Waals surface area contributed by atoms with Gasteiger partial charge in [0.2, 0.25) is 0 Å². The molecule has 0 atom stereocenters. The van der Waals surface area contributed by atoms with E-state index in [4.69, 9.17) is 9.31 Å². The molecule has 0 amide bonds. The van der Waals surface area contributed by atoms with Crippen LogP contribution in [0.2, 0.25) is 0 Å². The van der Waals surface area contributed by atoms with E-state index >= 15 is 0 Å². The van der Waals surface area contributed by atoms with Crippen molar-refractivity contribution >= 4 is 36.4 Å². The Morgan fingerprint density at radius 3 is 1.54 bits per heavy atom. The minimum Gasteiger partial charge on any atom is -0.415 e. The van der Waals surface area contributed by atoms with Crippen molar-refractivity contribution in [1.82, 2.24) is 4.83 Å². The molecule has 0 fully saturated rings. The number of para-hydroxylation sites is 2. The number of benzene rings is 2. The van der Waals surface area contributed by atoms with Crippen LogP contribution in [-0.4, -0.2) is 31.1 Å². The summed E-state index contributed by atoms with van der Waals surface area (Å²) < 4.78 is 12.6. The highest BCUT2D eigenvalue weighted by atomic mass is 16.5. The third kappa shape index (κ3) is 2.37. The average Bonchev–Trinajstić information content (AvgIpc) is 3.02. The van der Waals surface area contributed by atoms with Crippen LogP contribution in [0.15, 0.2) is 48.5 Å². The standard InChI is InChI=1S/C18H22B2N2O2/c1-13(2)23-19-15-9-5-7-11-17(15)21-18-12-8-6-10-16(18)20(22(19)21)24-14(3)4/h5-14H,1-4H3. The number of fused-ring (bicyclic) bond motifs is 5. The van der Waals surface area contributed by atoms with E-state index in [1.54, 1.807) is 0 Å². The van der Waals surface area contributed by atoms with Crippen LogP contribution in [0, 0.1) is 0 Å². The summed E-state index contributed by atoms with van der Waals surface area (Å²) in [6.07, 6.45) is 0.262. The molecule has 0 saturated heterocycles. The maximum atomic E-state index is 6.30. The van der Waals surface area contributed by atoms with E-state index < -0.39 is 0 Å². The molecule has 2 aromatic carbocycles. The molecule has 24 heavy (non-hydrogen) atoms. The maximum Gasteiger partial charge on any atom is 0.431 e. The molecule has 0 radical (unpaired) electrons. The second kappa shape index (κ2) is 5.96. The molecule has 2 aromatic rings. The predicted octanol–water partition coefficient (Wildman–Crippen LogP) is 2.31. The topological polar surface area (TPSA) is 24.9 Å². The molecule has 0 spiro atoms. The third-order valence-corrected chi connectivity index (χ3v) is 4.38. The number of hydrogen-bond donors (Lipinski definition) is 0. The number of hydrazine groups is 1. The average molecular weight is 320 g/mol. The quantitative estimate of drug-likeness (QED) is 0.807. The molecule has 2 aliphatic heterocycles. The first kappa shape index (κ1) is 15.8. The molecule has 122 valence electrons. The monoisotopic (exact) mass is 320 g/mol. The van der Waals surface area contributed by atoms with Gasteiger partial charge in [0.05, 0.1) is 11.4 Å². The summed E-state index contributed by atoms with van der Waals surface area (Å²) in [6, 6.07) is 16.9. The minimum atomic E-state index is -0.141. The van der Waals surface area contributed by atoms with Crippen molar-refractivity contribution in [2.75, 3.05) is 5.01 Å². The van der Waals surface area contributed by atoms with Gasteiger partial charge >= 0.3 is 14.1 Å². The van der Waals surface area contributed by atoms with Gasteiger partial charge in [-0.1, -0.05) is 36.4 Å². The first-order valence-electron chi connectivity index (χ1n) is 8.65. The van der Waals surface area contributed by atoms with Crippen molar-refractivity contribution in [3.63, 3.8) is 0 Å². The fourth-order valence-electron chi connectivity index (χ4n) is 3.56. The highest BCUT2D eigenvalue weighted by molar-refractivity contribution is 6.85.